The Balaban J connectivity index is 1.63. The van der Waals surface area contributed by atoms with Crippen LogP contribution < -0.4 is 5.32 Å². The van der Waals surface area contributed by atoms with Crippen molar-refractivity contribution in [2.75, 3.05) is 18.5 Å². The van der Waals surface area contributed by atoms with Crippen LogP contribution in [0, 0.1) is 5.82 Å². The van der Waals surface area contributed by atoms with E-state index in [-0.39, 0.29) is 11.9 Å². The molecule has 0 amide bonds. The summed E-state index contributed by atoms with van der Waals surface area (Å²) >= 11 is 1.46. The SMILES string of the molecule is Fc1ccc(-c2nnc(NC[C@@H]3CCCO3)s2)cc1. The first-order chi connectivity index (χ1) is 9.31. The Bertz CT molecular complexity index is 537. The number of nitrogens with zero attached hydrogens (tertiary/aromatic N) is 2. The zero-order valence-electron chi connectivity index (χ0n) is 10.3. The van der Waals surface area contributed by atoms with E-state index in [4.69, 9.17) is 4.74 Å². The Kier molecular flexibility index (Phi) is 3.70. The highest BCUT2D eigenvalue weighted by atomic mass is 32.1. The van der Waals surface area contributed by atoms with Gasteiger partial charge in [0.05, 0.1) is 6.10 Å². The van der Waals surface area contributed by atoms with E-state index in [0.717, 1.165) is 41.7 Å². The molecule has 2 heterocycles. The van der Waals surface area contributed by atoms with Crippen molar-refractivity contribution in [2.24, 2.45) is 0 Å². The molecule has 1 atom stereocenters. The zero-order chi connectivity index (χ0) is 13.1. The van der Waals surface area contributed by atoms with Crippen molar-refractivity contribution >= 4 is 16.5 Å². The fourth-order valence-corrected chi connectivity index (χ4v) is 2.77. The summed E-state index contributed by atoms with van der Waals surface area (Å²) in [5, 5.41) is 13.0. The first-order valence-corrected chi connectivity index (χ1v) is 7.08. The van der Waals surface area contributed by atoms with E-state index >= 15 is 0 Å². The van der Waals surface area contributed by atoms with Crippen LogP contribution in [0.1, 0.15) is 12.8 Å². The topological polar surface area (TPSA) is 47.0 Å². The molecule has 1 N–H and O–H groups in total. The van der Waals surface area contributed by atoms with Crippen molar-refractivity contribution in [1.29, 1.82) is 0 Å². The lowest BCUT2D eigenvalue weighted by Gasteiger charge is -2.08. The summed E-state index contributed by atoms with van der Waals surface area (Å²) in [6, 6.07) is 6.27. The van der Waals surface area contributed by atoms with Crippen LogP contribution in [-0.2, 0) is 4.74 Å². The van der Waals surface area contributed by atoms with Crippen molar-refractivity contribution in [3.8, 4) is 10.6 Å². The van der Waals surface area contributed by atoms with Crippen molar-refractivity contribution in [3.05, 3.63) is 30.1 Å². The lowest BCUT2D eigenvalue weighted by atomic mass is 10.2. The van der Waals surface area contributed by atoms with Crippen molar-refractivity contribution in [1.82, 2.24) is 10.2 Å². The highest BCUT2D eigenvalue weighted by Crippen LogP contribution is 2.26. The third-order valence-electron chi connectivity index (χ3n) is 3.02. The lowest BCUT2D eigenvalue weighted by Crippen LogP contribution is -2.18. The minimum Gasteiger partial charge on any atom is -0.376 e. The maximum atomic E-state index is 12.8. The quantitative estimate of drug-likeness (QED) is 0.934. The lowest BCUT2D eigenvalue weighted by molar-refractivity contribution is 0.120. The van der Waals surface area contributed by atoms with Crippen LogP contribution in [0.5, 0.6) is 0 Å². The summed E-state index contributed by atoms with van der Waals surface area (Å²) in [4.78, 5) is 0. The number of anilines is 1. The number of ether oxygens (including phenoxy) is 1. The number of aromatic nitrogens is 2. The van der Waals surface area contributed by atoms with Crippen LogP contribution >= 0.6 is 11.3 Å². The number of benzene rings is 1. The molecule has 19 heavy (non-hydrogen) atoms. The first-order valence-electron chi connectivity index (χ1n) is 6.26. The summed E-state index contributed by atoms with van der Waals surface area (Å²) < 4.78 is 18.4. The third kappa shape index (κ3) is 3.08. The second kappa shape index (κ2) is 5.63. The van der Waals surface area contributed by atoms with Gasteiger partial charge in [-0.15, -0.1) is 10.2 Å². The molecule has 4 nitrogen and oxygen atoms in total. The fourth-order valence-electron chi connectivity index (χ4n) is 2.01. The summed E-state index contributed by atoms with van der Waals surface area (Å²) in [6.07, 6.45) is 2.50. The molecule has 0 aliphatic carbocycles. The smallest absolute Gasteiger partial charge is 0.206 e. The molecule has 0 saturated carbocycles. The Labute approximate surface area is 114 Å². The molecule has 100 valence electrons. The van der Waals surface area contributed by atoms with Gasteiger partial charge < -0.3 is 10.1 Å². The van der Waals surface area contributed by atoms with Crippen LogP contribution in [0.25, 0.3) is 10.6 Å². The van der Waals surface area contributed by atoms with Gasteiger partial charge in [0.15, 0.2) is 0 Å². The summed E-state index contributed by atoms with van der Waals surface area (Å²) in [5.74, 6) is -0.245. The van der Waals surface area contributed by atoms with E-state index in [0.29, 0.717) is 0 Å². The fraction of sp³-hybridized carbons (Fsp3) is 0.385. The molecular formula is C13H14FN3OS. The molecule has 1 saturated heterocycles. The summed E-state index contributed by atoms with van der Waals surface area (Å²) in [7, 11) is 0. The number of hydrogen-bond donors (Lipinski definition) is 1. The molecule has 0 spiro atoms. The highest BCUT2D eigenvalue weighted by Gasteiger charge is 2.16. The molecule has 3 rings (SSSR count). The van der Waals surface area contributed by atoms with E-state index in [9.17, 15) is 4.39 Å². The van der Waals surface area contributed by atoms with Gasteiger partial charge in [-0.05, 0) is 37.1 Å². The van der Waals surface area contributed by atoms with E-state index in [1.165, 1.54) is 23.5 Å². The molecule has 1 aliphatic rings. The van der Waals surface area contributed by atoms with E-state index in [1.807, 2.05) is 0 Å². The Morgan fingerprint density at radius 2 is 2.16 bits per heavy atom. The van der Waals surface area contributed by atoms with Gasteiger partial charge in [-0.2, -0.15) is 0 Å². The monoisotopic (exact) mass is 279 g/mol. The molecular weight excluding hydrogens is 265 g/mol. The maximum Gasteiger partial charge on any atom is 0.206 e. The molecule has 1 aromatic carbocycles. The number of halogens is 1. The van der Waals surface area contributed by atoms with Crippen LogP contribution in [0.15, 0.2) is 24.3 Å². The molecule has 0 unspecified atom stereocenters. The normalized spacial score (nSPS) is 18.7. The summed E-state index contributed by atoms with van der Waals surface area (Å²) in [6.45, 7) is 1.61. The van der Waals surface area contributed by atoms with E-state index in [2.05, 4.69) is 15.5 Å². The average Bonchev–Trinajstić information content (AvgIpc) is 3.09. The van der Waals surface area contributed by atoms with Crippen molar-refractivity contribution < 1.29 is 9.13 Å². The largest absolute Gasteiger partial charge is 0.376 e. The number of hydrogen-bond acceptors (Lipinski definition) is 5. The Hall–Kier alpha value is -1.53. The Morgan fingerprint density at radius 3 is 2.89 bits per heavy atom. The average molecular weight is 279 g/mol. The summed E-state index contributed by atoms with van der Waals surface area (Å²) in [5.41, 5.74) is 0.879. The first kappa shape index (κ1) is 12.5. The van der Waals surface area contributed by atoms with Gasteiger partial charge in [0.2, 0.25) is 5.13 Å². The third-order valence-corrected chi connectivity index (χ3v) is 3.95. The predicted molar refractivity (Wildman–Crippen MR) is 72.8 cm³/mol. The second-order valence-electron chi connectivity index (χ2n) is 4.44. The van der Waals surface area contributed by atoms with Gasteiger partial charge >= 0.3 is 0 Å². The van der Waals surface area contributed by atoms with Gasteiger partial charge in [-0.1, -0.05) is 11.3 Å². The van der Waals surface area contributed by atoms with Crippen molar-refractivity contribution in [2.45, 2.75) is 18.9 Å². The van der Waals surface area contributed by atoms with Gasteiger partial charge in [-0.25, -0.2) is 4.39 Å². The van der Waals surface area contributed by atoms with E-state index in [1.54, 1.807) is 12.1 Å². The van der Waals surface area contributed by atoms with Crippen LogP contribution in [0.4, 0.5) is 9.52 Å². The van der Waals surface area contributed by atoms with Crippen LogP contribution in [0.2, 0.25) is 0 Å². The minimum atomic E-state index is -0.245. The highest BCUT2D eigenvalue weighted by molar-refractivity contribution is 7.18. The van der Waals surface area contributed by atoms with Gasteiger partial charge in [0.25, 0.3) is 0 Å². The van der Waals surface area contributed by atoms with Crippen LogP contribution in [-0.4, -0.2) is 29.5 Å². The maximum absolute atomic E-state index is 12.8. The molecule has 0 radical (unpaired) electrons. The standard InChI is InChI=1S/C13H14FN3OS/c14-10-5-3-9(4-6-10)12-16-17-13(19-12)15-8-11-2-1-7-18-11/h3-6,11H,1-2,7-8H2,(H,15,17)/t11-/m0/s1. The van der Waals surface area contributed by atoms with E-state index < -0.39 is 0 Å². The number of nitrogens with one attached hydrogen (secondary N) is 1. The minimum absolute atomic E-state index is 0.245. The Morgan fingerprint density at radius 1 is 1.32 bits per heavy atom. The predicted octanol–water partition coefficient (Wildman–Crippen LogP) is 2.94. The second-order valence-corrected chi connectivity index (χ2v) is 5.41. The molecule has 0 bridgehead atoms. The number of rotatable bonds is 4. The molecule has 6 heteroatoms. The zero-order valence-corrected chi connectivity index (χ0v) is 11.1. The molecule has 1 fully saturated rings. The molecule has 1 aliphatic heterocycles. The molecule has 1 aromatic heterocycles. The van der Waals surface area contributed by atoms with Gasteiger partial charge in [0.1, 0.15) is 10.8 Å². The van der Waals surface area contributed by atoms with Crippen molar-refractivity contribution in [3.63, 3.8) is 0 Å². The van der Waals surface area contributed by atoms with Crippen LogP contribution in [0.3, 0.4) is 0 Å². The van der Waals surface area contributed by atoms with Gasteiger partial charge in [0, 0.05) is 18.7 Å². The van der Waals surface area contributed by atoms with Gasteiger partial charge in [-0.3, -0.25) is 0 Å². The molecule has 2 aromatic rings.